The highest BCUT2D eigenvalue weighted by molar-refractivity contribution is 5.82. The highest BCUT2D eigenvalue weighted by Crippen LogP contribution is 2.30. The fraction of sp³-hybridized carbons (Fsp3) is 0.353. The summed E-state index contributed by atoms with van der Waals surface area (Å²) in [6.07, 6.45) is -5.77. The van der Waals surface area contributed by atoms with Gasteiger partial charge in [-0.2, -0.15) is 13.2 Å². The zero-order valence-corrected chi connectivity index (χ0v) is 13.8. The standard InChI is InChI=1S/C17H16F3N3O3/c1-9-21-13-8-23(7-6-12(13)15(25)22-9)16(26)14(24)10-2-4-11(5-3-10)17(18,19)20/h2-5,14,24H,6-8H2,1H3,(H,21,22,25)/t14-/m0/s1. The molecule has 1 aliphatic rings. The second-order valence-corrected chi connectivity index (χ2v) is 6.11. The van der Waals surface area contributed by atoms with E-state index in [1.165, 1.54) is 4.90 Å². The van der Waals surface area contributed by atoms with E-state index in [-0.39, 0.29) is 24.2 Å². The molecule has 0 aliphatic carbocycles. The fourth-order valence-electron chi connectivity index (χ4n) is 2.92. The number of nitrogens with one attached hydrogen (secondary N) is 1. The number of aromatic nitrogens is 2. The molecule has 0 radical (unpaired) electrons. The van der Waals surface area contributed by atoms with Gasteiger partial charge in [0.2, 0.25) is 0 Å². The number of nitrogens with zero attached hydrogens (tertiary/aromatic N) is 2. The van der Waals surface area contributed by atoms with E-state index in [0.717, 1.165) is 24.3 Å². The van der Waals surface area contributed by atoms with Crippen molar-refractivity contribution in [1.82, 2.24) is 14.9 Å². The summed E-state index contributed by atoms with van der Waals surface area (Å²) in [5.74, 6) is -0.221. The monoisotopic (exact) mass is 367 g/mol. The number of carbonyl (C=O) groups excluding carboxylic acids is 1. The van der Waals surface area contributed by atoms with Crippen molar-refractivity contribution in [2.24, 2.45) is 0 Å². The van der Waals surface area contributed by atoms with Gasteiger partial charge in [0.25, 0.3) is 11.5 Å². The van der Waals surface area contributed by atoms with Gasteiger partial charge in [0.15, 0.2) is 6.10 Å². The number of aryl methyl sites for hydroxylation is 1. The lowest BCUT2D eigenvalue weighted by atomic mass is 10.0. The van der Waals surface area contributed by atoms with Crippen molar-refractivity contribution in [3.05, 3.63) is 62.8 Å². The molecule has 0 fully saturated rings. The number of aliphatic hydroxyl groups is 1. The Bertz CT molecular complexity index is 891. The molecule has 1 amide bonds. The lowest BCUT2D eigenvalue weighted by Gasteiger charge is -2.29. The summed E-state index contributed by atoms with van der Waals surface area (Å²) in [4.78, 5) is 32.6. The minimum absolute atomic E-state index is 0.0661. The lowest BCUT2D eigenvalue weighted by molar-refractivity contribution is -0.141. The van der Waals surface area contributed by atoms with Crippen molar-refractivity contribution in [2.75, 3.05) is 6.54 Å². The number of hydrogen-bond acceptors (Lipinski definition) is 4. The Kier molecular flexibility index (Phi) is 4.57. The predicted octanol–water partition coefficient (Wildman–Crippen LogP) is 1.72. The molecule has 0 saturated heterocycles. The summed E-state index contributed by atoms with van der Waals surface area (Å²) in [7, 11) is 0. The summed E-state index contributed by atoms with van der Waals surface area (Å²) in [5, 5.41) is 10.2. The summed E-state index contributed by atoms with van der Waals surface area (Å²) < 4.78 is 37.8. The number of benzene rings is 1. The van der Waals surface area contributed by atoms with Crippen LogP contribution in [0.25, 0.3) is 0 Å². The van der Waals surface area contributed by atoms with Crippen LogP contribution >= 0.6 is 0 Å². The molecule has 0 saturated carbocycles. The first-order chi connectivity index (χ1) is 12.2. The molecule has 2 N–H and O–H groups in total. The first-order valence-electron chi connectivity index (χ1n) is 7.89. The number of H-pyrrole nitrogens is 1. The summed E-state index contributed by atoms with van der Waals surface area (Å²) in [6, 6.07) is 3.80. The summed E-state index contributed by atoms with van der Waals surface area (Å²) in [6.45, 7) is 1.91. The minimum atomic E-state index is -4.49. The van der Waals surface area contributed by atoms with Crippen LogP contribution in [0.5, 0.6) is 0 Å². The number of rotatable bonds is 2. The maximum atomic E-state index is 12.6. The molecule has 1 atom stereocenters. The van der Waals surface area contributed by atoms with Crippen molar-refractivity contribution >= 4 is 5.91 Å². The second-order valence-electron chi connectivity index (χ2n) is 6.11. The molecule has 1 aromatic heterocycles. The molecule has 0 bridgehead atoms. The molecular weight excluding hydrogens is 351 g/mol. The van der Waals surface area contributed by atoms with Crippen LogP contribution in [0.4, 0.5) is 13.2 Å². The van der Waals surface area contributed by atoms with Gasteiger partial charge in [-0.3, -0.25) is 9.59 Å². The molecule has 0 spiro atoms. The smallest absolute Gasteiger partial charge is 0.378 e. The van der Waals surface area contributed by atoms with E-state index in [1.807, 2.05) is 0 Å². The maximum absolute atomic E-state index is 12.6. The van der Waals surface area contributed by atoms with Crippen LogP contribution in [0.1, 0.15) is 34.3 Å². The summed E-state index contributed by atoms with van der Waals surface area (Å²) >= 11 is 0. The number of aromatic amines is 1. The van der Waals surface area contributed by atoms with Crippen LogP contribution in [0.3, 0.4) is 0 Å². The lowest BCUT2D eigenvalue weighted by Crippen LogP contribution is -2.41. The number of carbonyl (C=O) groups is 1. The normalized spacial score (nSPS) is 15.5. The third-order valence-electron chi connectivity index (χ3n) is 4.29. The molecule has 26 heavy (non-hydrogen) atoms. The van der Waals surface area contributed by atoms with Gasteiger partial charge in [-0.25, -0.2) is 4.98 Å². The van der Waals surface area contributed by atoms with Gasteiger partial charge in [-0.15, -0.1) is 0 Å². The molecule has 0 unspecified atom stereocenters. The van der Waals surface area contributed by atoms with Crippen molar-refractivity contribution in [2.45, 2.75) is 32.2 Å². The van der Waals surface area contributed by atoms with Crippen molar-refractivity contribution in [1.29, 1.82) is 0 Å². The number of alkyl halides is 3. The van der Waals surface area contributed by atoms with Gasteiger partial charge in [0.1, 0.15) is 5.82 Å². The largest absolute Gasteiger partial charge is 0.416 e. The predicted molar refractivity (Wildman–Crippen MR) is 85.1 cm³/mol. The molecule has 138 valence electrons. The maximum Gasteiger partial charge on any atom is 0.416 e. The zero-order chi connectivity index (χ0) is 19.1. The van der Waals surface area contributed by atoms with E-state index >= 15 is 0 Å². The van der Waals surface area contributed by atoms with Crippen LogP contribution in [0, 0.1) is 6.92 Å². The minimum Gasteiger partial charge on any atom is -0.378 e. The number of fused-ring (bicyclic) bond motifs is 1. The SMILES string of the molecule is Cc1nc2c(c(=O)[nH]1)CCN(C(=O)[C@@H](O)c1ccc(C(F)(F)F)cc1)C2. The van der Waals surface area contributed by atoms with Gasteiger partial charge in [-0.05, 0) is 31.0 Å². The average Bonchev–Trinajstić information content (AvgIpc) is 2.59. The Balaban J connectivity index is 1.78. The highest BCUT2D eigenvalue weighted by atomic mass is 19.4. The molecule has 1 aromatic carbocycles. The average molecular weight is 367 g/mol. The topological polar surface area (TPSA) is 86.3 Å². The van der Waals surface area contributed by atoms with E-state index in [1.54, 1.807) is 6.92 Å². The highest BCUT2D eigenvalue weighted by Gasteiger charge is 2.32. The Morgan fingerprint density at radius 1 is 1.31 bits per heavy atom. The van der Waals surface area contributed by atoms with Gasteiger partial charge < -0.3 is 15.0 Å². The molecule has 2 aromatic rings. The van der Waals surface area contributed by atoms with E-state index in [2.05, 4.69) is 9.97 Å². The van der Waals surface area contributed by atoms with Gasteiger partial charge in [0.05, 0.1) is 17.8 Å². The van der Waals surface area contributed by atoms with E-state index in [4.69, 9.17) is 0 Å². The van der Waals surface area contributed by atoms with Gasteiger partial charge >= 0.3 is 6.18 Å². The third kappa shape index (κ3) is 3.48. The Hall–Kier alpha value is -2.68. The molecular formula is C17H16F3N3O3. The van der Waals surface area contributed by atoms with Gasteiger partial charge in [0, 0.05) is 12.1 Å². The number of hydrogen-bond donors (Lipinski definition) is 2. The molecule has 3 rings (SSSR count). The zero-order valence-electron chi connectivity index (χ0n) is 13.8. The van der Waals surface area contributed by atoms with Crippen LogP contribution in [0.15, 0.2) is 29.1 Å². The van der Waals surface area contributed by atoms with Crippen LogP contribution < -0.4 is 5.56 Å². The van der Waals surface area contributed by atoms with Crippen molar-refractivity contribution in [3.63, 3.8) is 0 Å². The molecule has 2 heterocycles. The Morgan fingerprint density at radius 2 is 1.96 bits per heavy atom. The van der Waals surface area contributed by atoms with Crippen molar-refractivity contribution < 1.29 is 23.1 Å². The third-order valence-corrected chi connectivity index (χ3v) is 4.29. The number of amides is 1. The second kappa shape index (κ2) is 6.56. The van der Waals surface area contributed by atoms with E-state index in [9.17, 15) is 27.9 Å². The van der Waals surface area contributed by atoms with Crippen LogP contribution in [0.2, 0.25) is 0 Å². The number of halogens is 3. The molecule has 9 heteroatoms. The fourth-order valence-corrected chi connectivity index (χ4v) is 2.92. The van der Waals surface area contributed by atoms with Crippen LogP contribution in [-0.4, -0.2) is 32.4 Å². The van der Waals surface area contributed by atoms with E-state index < -0.39 is 23.8 Å². The van der Waals surface area contributed by atoms with Crippen LogP contribution in [-0.2, 0) is 23.9 Å². The Labute approximate surface area is 146 Å². The molecule has 1 aliphatic heterocycles. The summed E-state index contributed by atoms with van der Waals surface area (Å²) in [5.41, 5.74) is -0.0624. The first kappa shape index (κ1) is 18.1. The molecule has 6 nitrogen and oxygen atoms in total. The quantitative estimate of drug-likeness (QED) is 0.846. The van der Waals surface area contributed by atoms with Crippen molar-refractivity contribution in [3.8, 4) is 0 Å². The number of aliphatic hydroxyl groups excluding tert-OH is 1. The van der Waals surface area contributed by atoms with E-state index in [0.29, 0.717) is 23.5 Å². The van der Waals surface area contributed by atoms with Gasteiger partial charge in [-0.1, -0.05) is 12.1 Å². The first-order valence-corrected chi connectivity index (χ1v) is 7.89. The Morgan fingerprint density at radius 3 is 2.58 bits per heavy atom.